The van der Waals surface area contributed by atoms with Gasteiger partial charge < -0.3 is 10.2 Å². The number of hydrogen-bond donors (Lipinski definition) is 1. The summed E-state index contributed by atoms with van der Waals surface area (Å²) in [6.45, 7) is 1.70. The minimum Gasteiger partial charge on any atom is -0.339 e. The number of thioether (sulfide) groups is 1. The van der Waals surface area contributed by atoms with Crippen LogP contribution >= 0.6 is 11.8 Å². The number of carbonyl (C=O) groups excluding carboxylic acids is 1. The van der Waals surface area contributed by atoms with Crippen molar-refractivity contribution < 1.29 is 9.18 Å². The van der Waals surface area contributed by atoms with E-state index in [1.807, 2.05) is 17.8 Å². The number of rotatable bonds is 6. The van der Waals surface area contributed by atoms with Crippen LogP contribution in [0.4, 0.5) is 4.39 Å². The normalized spacial score (nSPS) is 21.8. The SMILES string of the molecule is O=C(CC1CSCCN1)N(CCc1cccc(F)c1)C1CCCC1. The van der Waals surface area contributed by atoms with Crippen LogP contribution in [0.1, 0.15) is 37.7 Å². The molecule has 1 aliphatic carbocycles. The smallest absolute Gasteiger partial charge is 0.224 e. The summed E-state index contributed by atoms with van der Waals surface area (Å²) in [4.78, 5) is 15.0. The predicted octanol–water partition coefficient (Wildman–Crippen LogP) is 3.23. The van der Waals surface area contributed by atoms with Crippen LogP contribution in [0.15, 0.2) is 24.3 Å². The maximum atomic E-state index is 13.4. The number of hydrogen-bond acceptors (Lipinski definition) is 3. The lowest BCUT2D eigenvalue weighted by atomic mass is 10.1. The van der Waals surface area contributed by atoms with Gasteiger partial charge in [-0.25, -0.2) is 4.39 Å². The molecule has 1 aliphatic heterocycles. The van der Waals surface area contributed by atoms with Gasteiger partial charge in [0.15, 0.2) is 0 Å². The average molecular weight is 351 g/mol. The van der Waals surface area contributed by atoms with Gasteiger partial charge in [0.25, 0.3) is 0 Å². The predicted molar refractivity (Wildman–Crippen MR) is 97.8 cm³/mol. The van der Waals surface area contributed by atoms with Gasteiger partial charge in [-0.1, -0.05) is 25.0 Å². The van der Waals surface area contributed by atoms with Crippen molar-refractivity contribution in [1.29, 1.82) is 0 Å². The summed E-state index contributed by atoms with van der Waals surface area (Å²) >= 11 is 1.93. The Morgan fingerprint density at radius 2 is 2.17 bits per heavy atom. The number of carbonyl (C=O) groups is 1. The van der Waals surface area contributed by atoms with Crippen molar-refractivity contribution in [2.24, 2.45) is 0 Å². The lowest BCUT2D eigenvalue weighted by Crippen LogP contribution is -2.46. The largest absolute Gasteiger partial charge is 0.339 e. The summed E-state index contributed by atoms with van der Waals surface area (Å²) in [6, 6.07) is 7.42. The molecule has 3 rings (SSSR count). The van der Waals surface area contributed by atoms with Crippen LogP contribution in [0.5, 0.6) is 0 Å². The number of amides is 1. The van der Waals surface area contributed by atoms with Gasteiger partial charge in [-0.2, -0.15) is 11.8 Å². The Hall–Kier alpha value is -1.07. The van der Waals surface area contributed by atoms with Gasteiger partial charge in [-0.05, 0) is 37.0 Å². The Morgan fingerprint density at radius 1 is 1.33 bits per heavy atom. The zero-order chi connectivity index (χ0) is 16.8. The second kappa shape index (κ2) is 8.86. The molecule has 2 fully saturated rings. The third-order valence-corrected chi connectivity index (χ3v) is 6.17. The maximum absolute atomic E-state index is 13.4. The monoisotopic (exact) mass is 350 g/mol. The van der Waals surface area contributed by atoms with Crippen LogP contribution in [0.3, 0.4) is 0 Å². The van der Waals surface area contributed by atoms with Crippen LogP contribution in [0, 0.1) is 5.82 Å². The Morgan fingerprint density at radius 3 is 2.88 bits per heavy atom. The first-order chi connectivity index (χ1) is 11.7. The van der Waals surface area contributed by atoms with E-state index < -0.39 is 0 Å². The highest BCUT2D eigenvalue weighted by Crippen LogP contribution is 2.25. The summed E-state index contributed by atoms with van der Waals surface area (Å²) in [5.41, 5.74) is 0.970. The highest BCUT2D eigenvalue weighted by molar-refractivity contribution is 7.99. The highest BCUT2D eigenvalue weighted by Gasteiger charge is 2.28. The third-order valence-electron chi connectivity index (χ3n) is 5.04. The molecule has 1 heterocycles. The fourth-order valence-electron chi connectivity index (χ4n) is 3.75. The molecule has 3 nitrogen and oxygen atoms in total. The number of nitrogens with one attached hydrogen (secondary N) is 1. The van der Waals surface area contributed by atoms with E-state index >= 15 is 0 Å². The molecular formula is C19H27FN2OS. The van der Waals surface area contributed by atoms with Crippen LogP contribution in [-0.4, -0.2) is 47.5 Å². The summed E-state index contributed by atoms with van der Waals surface area (Å²) in [5, 5.41) is 3.46. The van der Waals surface area contributed by atoms with E-state index in [0.717, 1.165) is 42.9 Å². The molecule has 1 atom stereocenters. The fraction of sp³-hybridized carbons (Fsp3) is 0.632. The van der Waals surface area contributed by atoms with Gasteiger partial charge in [-0.3, -0.25) is 4.79 Å². The molecule has 0 aromatic heterocycles. The van der Waals surface area contributed by atoms with Crippen molar-refractivity contribution in [2.75, 3.05) is 24.6 Å². The molecule has 0 bridgehead atoms. The molecule has 0 radical (unpaired) electrons. The minimum atomic E-state index is -0.199. The first-order valence-electron chi connectivity index (χ1n) is 9.07. The average Bonchev–Trinajstić information content (AvgIpc) is 3.10. The maximum Gasteiger partial charge on any atom is 0.224 e. The van der Waals surface area contributed by atoms with Gasteiger partial charge >= 0.3 is 0 Å². The fourth-order valence-corrected chi connectivity index (χ4v) is 4.70. The van der Waals surface area contributed by atoms with Crippen LogP contribution in [-0.2, 0) is 11.2 Å². The lowest BCUT2D eigenvalue weighted by molar-refractivity contribution is -0.133. The first-order valence-corrected chi connectivity index (χ1v) is 10.2. The number of benzene rings is 1. The Bertz CT molecular complexity index is 542. The molecule has 24 heavy (non-hydrogen) atoms. The molecule has 1 amide bonds. The van der Waals surface area contributed by atoms with E-state index in [2.05, 4.69) is 10.2 Å². The van der Waals surface area contributed by atoms with Crippen molar-refractivity contribution in [1.82, 2.24) is 10.2 Å². The summed E-state index contributed by atoms with van der Waals surface area (Å²) in [5.74, 6) is 2.22. The van der Waals surface area contributed by atoms with E-state index in [9.17, 15) is 9.18 Å². The molecule has 1 saturated heterocycles. The van der Waals surface area contributed by atoms with Gasteiger partial charge in [0.05, 0.1) is 0 Å². The van der Waals surface area contributed by atoms with E-state index in [0.29, 0.717) is 25.0 Å². The zero-order valence-electron chi connectivity index (χ0n) is 14.2. The highest BCUT2D eigenvalue weighted by atomic mass is 32.2. The van der Waals surface area contributed by atoms with Crippen LogP contribution in [0.2, 0.25) is 0 Å². The Kier molecular flexibility index (Phi) is 6.55. The van der Waals surface area contributed by atoms with Gasteiger partial charge in [0, 0.05) is 43.1 Å². The molecule has 1 aromatic rings. The van der Waals surface area contributed by atoms with Crippen LogP contribution < -0.4 is 5.32 Å². The zero-order valence-corrected chi connectivity index (χ0v) is 15.0. The Balaban J connectivity index is 1.60. The second-order valence-electron chi connectivity index (χ2n) is 6.84. The number of nitrogens with zero attached hydrogens (tertiary/aromatic N) is 1. The Labute approximate surface area is 148 Å². The van der Waals surface area contributed by atoms with Crippen molar-refractivity contribution in [3.05, 3.63) is 35.6 Å². The summed E-state index contributed by atoms with van der Waals surface area (Å²) < 4.78 is 13.4. The third kappa shape index (κ3) is 4.96. The number of halogens is 1. The summed E-state index contributed by atoms with van der Waals surface area (Å²) in [7, 11) is 0. The van der Waals surface area contributed by atoms with Crippen molar-refractivity contribution in [2.45, 2.75) is 50.6 Å². The molecule has 0 spiro atoms. The van der Waals surface area contributed by atoms with Gasteiger partial charge in [-0.15, -0.1) is 0 Å². The van der Waals surface area contributed by atoms with Crippen molar-refractivity contribution in [3.63, 3.8) is 0 Å². The topological polar surface area (TPSA) is 32.3 Å². The first kappa shape index (κ1) is 17.7. The molecule has 2 aliphatic rings. The van der Waals surface area contributed by atoms with Gasteiger partial charge in [0.2, 0.25) is 5.91 Å². The van der Waals surface area contributed by atoms with E-state index in [1.165, 1.54) is 18.9 Å². The minimum absolute atomic E-state index is 0.199. The lowest BCUT2D eigenvalue weighted by Gasteiger charge is -2.32. The molecule has 5 heteroatoms. The van der Waals surface area contributed by atoms with Gasteiger partial charge in [0.1, 0.15) is 5.82 Å². The molecule has 1 saturated carbocycles. The molecular weight excluding hydrogens is 323 g/mol. The molecule has 1 aromatic carbocycles. The van der Waals surface area contributed by atoms with E-state index in [4.69, 9.17) is 0 Å². The van der Waals surface area contributed by atoms with Crippen molar-refractivity contribution >= 4 is 17.7 Å². The standard InChI is InChI=1S/C19H27FN2OS/c20-16-5-3-4-15(12-16)8-10-22(18-6-1-2-7-18)19(23)13-17-14-24-11-9-21-17/h3-5,12,17-18,21H,1-2,6-11,13-14H2. The quantitative estimate of drug-likeness (QED) is 0.855. The summed E-state index contributed by atoms with van der Waals surface area (Å²) in [6.07, 6.45) is 5.97. The van der Waals surface area contributed by atoms with E-state index in [-0.39, 0.29) is 11.7 Å². The van der Waals surface area contributed by atoms with Crippen LogP contribution in [0.25, 0.3) is 0 Å². The molecule has 1 N–H and O–H groups in total. The van der Waals surface area contributed by atoms with Crippen molar-refractivity contribution in [3.8, 4) is 0 Å². The molecule has 1 unspecified atom stereocenters. The second-order valence-corrected chi connectivity index (χ2v) is 7.99. The van der Waals surface area contributed by atoms with E-state index in [1.54, 1.807) is 12.1 Å². The molecule has 132 valence electrons.